The SMILES string of the molecule is O=C(NC1CCOc2ccccc21)c1cc(Cl)ccc1-n1cnnn1. The van der Waals surface area contributed by atoms with Crippen LogP contribution in [0, 0.1) is 0 Å². The van der Waals surface area contributed by atoms with Crippen LogP contribution in [0.15, 0.2) is 48.8 Å². The summed E-state index contributed by atoms with van der Waals surface area (Å²) in [6.45, 7) is 0.553. The summed E-state index contributed by atoms with van der Waals surface area (Å²) in [6.07, 6.45) is 2.13. The van der Waals surface area contributed by atoms with Crippen LogP contribution in [0.1, 0.15) is 28.4 Å². The van der Waals surface area contributed by atoms with E-state index < -0.39 is 0 Å². The van der Waals surface area contributed by atoms with E-state index in [4.69, 9.17) is 16.3 Å². The maximum absolute atomic E-state index is 12.9. The van der Waals surface area contributed by atoms with E-state index in [0.717, 1.165) is 11.3 Å². The highest BCUT2D eigenvalue weighted by Crippen LogP contribution is 2.32. The van der Waals surface area contributed by atoms with Gasteiger partial charge in [0.1, 0.15) is 12.1 Å². The fraction of sp³-hybridized carbons (Fsp3) is 0.176. The number of aromatic nitrogens is 4. The predicted molar refractivity (Wildman–Crippen MR) is 90.9 cm³/mol. The Balaban J connectivity index is 1.66. The van der Waals surface area contributed by atoms with Gasteiger partial charge in [0, 0.05) is 17.0 Å². The second-order valence-corrected chi connectivity index (χ2v) is 6.05. The molecule has 1 aromatic heterocycles. The maximum atomic E-state index is 12.9. The summed E-state index contributed by atoms with van der Waals surface area (Å²) < 4.78 is 7.07. The van der Waals surface area contributed by atoms with Crippen LogP contribution in [0.25, 0.3) is 5.69 Å². The van der Waals surface area contributed by atoms with Crippen LogP contribution >= 0.6 is 11.6 Å². The molecule has 1 N–H and O–H groups in total. The Morgan fingerprint density at radius 3 is 3.00 bits per heavy atom. The van der Waals surface area contributed by atoms with Crippen molar-refractivity contribution >= 4 is 17.5 Å². The smallest absolute Gasteiger partial charge is 0.254 e. The summed E-state index contributed by atoms with van der Waals surface area (Å²) in [5, 5.41) is 14.6. The van der Waals surface area contributed by atoms with E-state index in [1.165, 1.54) is 11.0 Å². The number of carbonyl (C=O) groups excluding carboxylic acids is 1. The number of carbonyl (C=O) groups is 1. The van der Waals surface area contributed by atoms with Crippen LogP contribution < -0.4 is 10.1 Å². The van der Waals surface area contributed by atoms with Crippen molar-refractivity contribution in [3.63, 3.8) is 0 Å². The van der Waals surface area contributed by atoms with Gasteiger partial charge in [0.15, 0.2) is 0 Å². The van der Waals surface area contributed by atoms with E-state index in [0.29, 0.717) is 29.3 Å². The molecule has 4 rings (SSSR count). The minimum absolute atomic E-state index is 0.127. The highest BCUT2D eigenvalue weighted by molar-refractivity contribution is 6.31. The number of rotatable bonds is 3. The molecule has 0 radical (unpaired) electrons. The number of benzene rings is 2. The maximum Gasteiger partial charge on any atom is 0.254 e. The predicted octanol–water partition coefficient (Wildman–Crippen LogP) is 2.57. The van der Waals surface area contributed by atoms with Gasteiger partial charge in [-0.05, 0) is 34.7 Å². The lowest BCUT2D eigenvalue weighted by atomic mass is 10.00. The Hall–Kier alpha value is -2.93. The van der Waals surface area contributed by atoms with Crippen molar-refractivity contribution in [1.29, 1.82) is 0 Å². The summed E-state index contributed by atoms with van der Waals surface area (Å²) >= 11 is 6.09. The van der Waals surface area contributed by atoms with Gasteiger partial charge in [-0.15, -0.1) is 5.10 Å². The summed E-state index contributed by atoms with van der Waals surface area (Å²) in [7, 11) is 0. The molecule has 25 heavy (non-hydrogen) atoms. The van der Waals surface area contributed by atoms with Gasteiger partial charge >= 0.3 is 0 Å². The molecule has 0 fully saturated rings. The lowest BCUT2D eigenvalue weighted by molar-refractivity contribution is 0.0924. The molecule has 1 unspecified atom stereocenters. The van der Waals surface area contributed by atoms with E-state index in [1.807, 2.05) is 24.3 Å². The number of tetrazole rings is 1. The lowest BCUT2D eigenvalue weighted by Crippen LogP contribution is -2.32. The Morgan fingerprint density at radius 2 is 2.16 bits per heavy atom. The number of hydrogen-bond acceptors (Lipinski definition) is 5. The highest BCUT2D eigenvalue weighted by atomic mass is 35.5. The molecule has 0 saturated carbocycles. The van der Waals surface area contributed by atoms with E-state index in [9.17, 15) is 4.79 Å². The summed E-state index contributed by atoms with van der Waals surface area (Å²) in [5.74, 6) is 0.556. The Labute approximate surface area is 148 Å². The number of nitrogens with zero attached hydrogens (tertiary/aromatic N) is 4. The quantitative estimate of drug-likeness (QED) is 0.780. The van der Waals surface area contributed by atoms with Gasteiger partial charge < -0.3 is 10.1 Å². The number of halogens is 1. The van der Waals surface area contributed by atoms with Gasteiger partial charge in [0.2, 0.25) is 0 Å². The average molecular weight is 356 g/mol. The monoisotopic (exact) mass is 355 g/mol. The van der Waals surface area contributed by atoms with Crippen LogP contribution in [0.3, 0.4) is 0 Å². The molecule has 0 saturated heterocycles. The van der Waals surface area contributed by atoms with Crippen molar-refractivity contribution in [2.75, 3.05) is 6.61 Å². The normalized spacial score (nSPS) is 16.0. The van der Waals surface area contributed by atoms with Crippen LogP contribution in [0.4, 0.5) is 0 Å². The fourth-order valence-corrected chi connectivity index (χ4v) is 3.06. The number of ether oxygens (including phenoxy) is 1. The van der Waals surface area contributed by atoms with Crippen LogP contribution in [0.5, 0.6) is 5.75 Å². The zero-order valence-electron chi connectivity index (χ0n) is 13.1. The lowest BCUT2D eigenvalue weighted by Gasteiger charge is -2.26. The van der Waals surface area contributed by atoms with Crippen molar-refractivity contribution < 1.29 is 9.53 Å². The zero-order valence-corrected chi connectivity index (χ0v) is 13.8. The minimum Gasteiger partial charge on any atom is -0.493 e. The molecule has 1 amide bonds. The minimum atomic E-state index is -0.241. The summed E-state index contributed by atoms with van der Waals surface area (Å²) in [5.41, 5.74) is 1.93. The molecule has 3 aromatic rings. The molecule has 2 aromatic carbocycles. The third kappa shape index (κ3) is 3.06. The Morgan fingerprint density at radius 1 is 1.28 bits per heavy atom. The first-order valence-corrected chi connectivity index (χ1v) is 8.15. The number of amides is 1. The third-order valence-electron chi connectivity index (χ3n) is 4.06. The van der Waals surface area contributed by atoms with Gasteiger partial charge in [0.25, 0.3) is 5.91 Å². The van der Waals surface area contributed by atoms with Gasteiger partial charge in [-0.3, -0.25) is 4.79 Å². The van der Waals surface area contributed by atoms with Gasteiger partial charge in [0.05, 0.1) is 23.9 Å². The molecule has 0 spiro atoms. The van der Waals surface area contributed by atoms with Gasteiger partial charge in [-0.2, -0.15) is 4.68 Å². The van der Waals surface area contributed by atoms with Crippen molar-refractivity contribution in [3.8, 4) is 11.4 Å². The van der Waals surface area contributed by atoms with E-state index >= 15 is 0 Å². The molecule has 1 aliphatic heterocycles. The van der Waals surface area contributed by atoms with E-state index in [2.05, 4.69) is 20.8 Å². The second-order valence-electron chi connectivity index (χ2n) is 5.62. The molecule has 7 nitrogen and oxygen atoms in total. The van der Waals surface area contributed by atoms with Crippen LogP contribution in [-0.4, -0.2) is 32.7 Å². The molecule has 1 aliphatic rings. The molecule has 0 aliphatic carbocycles. The first kappa shape index (κ1) is 15.6. The third-order valence-corrected chi connectivity index (χ3v) is 4.30. The van der Waals surface area contributed by atoms with Crippen molar-refractivity contribution in [2.24, 2.45) is 0 Å². The molecular formula is C17H14ClN5O2. The van der Waals surface area contributed by atoms with Crippen LogP contribution in [-0.2, 0) is 0 Å². The molecule has 0 bridgehead atoms. The fourth-order valence-electron chi connectivity index (χ4n) is 2.89. The average Bonchev–Trinajstić information content (AvgIpc) is 3.16. The van der Waals surface area contributed by atoms with E-state index in [1.54, 1.807) is 18.2 Å². The number of para-hydroxylation sites is 1. The zero-order chi connectivity index (χ0) is 17.2. The first-order chi connectivity index (χ1) is 12.2. The topological polar surface area (TPSA) is 81.9 Å². The van der Waals surface area contributed by atoms with E-state index in [-0.39, 0.29) is 11.9 Å². The van der Waals surface area contributed by atoms with Crippen molar-refractivity contribution in [1.82, 2.24) is 25.5 Å². The number of nitrogens with one attached hydrogen (secondary N) is 1. The second kappa shape index (κ2) is 6.52. The van der Waals surface area contributed by atoms with Crippen molar-refractivity contribution in [2.45, 2.75) is 12.5 Å². The molecule has 2 heterocycles. The molecular weight excluding hydrogens is 342 g/mol. The Bertz CT molecular complexity index is 913. The molecule has 1 atom stereocenters. The Kier molecular flexibility index (Phi) is 4.07. The van der Waals surface area contributed by atoms with Gasteiger partial charge in [-0.25, -0.2) is 0 Å². The number of fused-ring (bicyclic) bond motifs is 1. The standard InChI is InChI=1S/C17H14ClN5O2/c18-11-5-6-15(23-10-19-21-22-23)13(9-11)17(24)20-14-7-8-25-16-4-2-1-3-12(14)16/h1-6,9-10,14H,7-8H2,(H,20,24). The highest BCUT2D eigenvalue weighted by Gasteiger charge is 2.24. The number of hydrogen-bond donors (Lipinski definition) is 1. The summed E-state index contributed by atoms with van der Waals surface area (Å²) in [6, 6.07) is 12.6. The van der Waals surface area contributed by atoms with Gasteiger partial charge in [-0.1, -0.05) is 29.8 Å². The molecule has 126 valence electrons. The largest absolute Gasteiger partial charge is 0.493 e. The first-order valence-electron chi connectivity index (χ1n) is 7.78. The summed E-state index contributed by atoms with van der Waals surface area (Å²) in [4.78, 5) is 12.9. The van der Waals surface area contributed by atoms with Crippen molar-refractivity contribution in [3.05, 3.63) is 64.9 Å². The molecule has 8 heteroatoms. The van der Waals surface area contributed by atoms with Crippen LogP contribution in [0.2, 0.25) is 5.02 Å².